The number of rotatable bonds is 6. The summed E-state index contributed by atoms with van der Waals surface area (Å²) in [7, 11) is 0. The first-order chi connectivity index (χ1) is 11.4. The number of amides is 1. The number of ether oxygens (including phenoxy) is 1. The molecule has 0 saturated carbocycles. The van der Waals surface area contributed by atoms with Crippen LogP contribution >= 0.6 is 15.9 Å². The first kappa shape index (κ1) is 18.2. The fourth-order valence-corrected chi connectivity index (χ4v) is 3.23. The Morgan fingerprint density at radius 3 is 2.46 bits per heavy atom. The maximum atomic E-state index is 12.1. The van der Waals surface area contributed by atoms with E-state index in [9.17, 15) is 9.59 Å². The third kappa shape index (κ3) is 4.45. The molecule has 2 aromatic carbocycles. The molecule has 126 valence electrons. The average Bonchev–Trinajstić information content (AvgIpc) is 2.54. The summed E-state index contributed by atoms with van der Waals surface area (Å²) in [6.45, 7) is 5.57. The highest BCUT2D eigenvalue weighted by Crippen LogP contribution is 2.25. The van der Waals surface area contributed by atoms with Crippen LogP contribution in [0.5, 0.6) is 5.75 Å². The molecule has 4 nitrogen and oxygen atoms in total. The van der Waals surface area contributed by atoms with Gasteiger partial charge in [-0.1, -0.05) is 34.1 Å². The van der Waals surface area contributed by atoms with Gasteiger partial charge in [0.15, 0.2) is 6.61 Å². The van der Waals surface area contributed by atoms with Crippen molar-refractivity contribution in [1.82, 2.24) is 5.32 Å². The number of halogens is 1. The van der Waals surface area contributed by atoms with E-state index in [0.29, 0.717) is 11.3 Å². The fraction of sp³-hybridized carbons (Fsp3) is 0.263. The number of carbonyl (C=O) groups excluding carboxylic acids is 2. The van der Waals surface area contributed by atoms with Crippen molar-refractivity contribution >= 4 is 28.1 Å². The van der Waals surface area contributed by atoms with E-state index in [4.69, 9.17) is 4.74 Å². The summed E-state index contributed by atoms with van der Waals surface area (Å²) in [6, 6.07) is 11.1. The van der Waals surface area contributed by atoms with E-state index in [2.05, 4.69) is 21.2 Å². The zero-order valence-corrected chi connectivity index (χ0v) is 15.5. The molecule has 0 aliphatic carbocycles. The molecular weight excluding hydrogens is 370 g/mol. The van der Waals surface area contributed by atoms with Gasteiger partial charge in [-0.3, -0.25) is 9.59 Å². The van der Waals surface area contributed by atoms with Gasteiger partial charge in [-0.05, 0) is 55.7 Å². The molecule has 0 unspecified atom stereocenters. The molecule has 1 N–H and O–H groups in total. The van der Waals surface area contributed by atoms with Crippen molar-refractivity contribution in [2.75, 3.05) is 6.61 Å². The zero-order valence-electron chi connectivity index (χ0n) is 13.9. The number of aldehydes is 1. The lowest BCUT2D eigenvalue weighted by atomic mass is 10.1. The lowest BCUT2D eigenvalue weighted by molar-refractivity contribution is -0.123. The van der Waals surface area contributed by atoms with Crippen molar-refractivity contribution in [2.45, 2.75) is 26.8 Å². The van der Waals surface area contributed by atoms with Crippen LogP contribution < -0.4 is 10.1 Å². The Balaban J connectivity index is 1.99. The minimum atomic E-state index is -0.198. The summed E-state index contributed by atoms with van der Waals surface area (Å²) in [5.74, 6) is 0.445. The molecule has 0 saturated heterocycles. The van der Waals surface area contributed by atoms with Crippen LogP contribution in [0.15, 0.2) is 40.9 Å². The number of hydrogen-bond acceptors (Lipinski definition) is 3. The van der Waals surface area contributed by atoms with Gasteiger partial charge in [0.25, 0.3) is 5.91 Å². The Bertz CT molecular complexity index is 735. The quantitative estimate of drug-likeness (QED) is 0.755. The zero-order chi connectivity index (χ0) is 17.7. The summed E-state index contributed by atoms with van der Waals surface area (Å²) in [4.78, 5) is 23.0. The van der Waals surface area contributed by atoms with Crippen molar-refractivity contribution in [3.63, 3.8) is 0 Å². The second-order valence-electron chi connectivity index (χ2n) is 5.70. The molecule has 2 aromatic rings. The van der Waals surface area contributed by atoms with Crippen molar-refractivity contribution in [3.05, 3.63) is 63.1 Å². The highest BCUT2D eigenvalue weighted by molar-refractivity contribution is 9.10. The maximum Gasteiger partial charge on any atom is 0.258 e. The number of hydrogen-bond donors (Lipinski definition) is 1. The largest absolute Gasteiger partial charge is 0.483 e. The molecule has 0 aliphatic rings. The van der Waals surface area contributed by atoms with E-state index in [1.54, 1.807) is 12.1 Å². The second-order valence-corrected chi connectivity index (χ2v) is 6.56. The van der Waals surface area contributed by atoms with E-state index in [1.165, 1.54) is 0 Å². The number of nitrogens with one attached hydrogen (secondary N) is 1. The highest BCUT2D eigenvalue weighted by atomic mass is 79.9. The minimum Gasteiger partial charge on any atom is -0.483 e. The normalized spacial score (nSPS) is 11.7. The average molecular weight is 390 g/mol. The third-order valence-electron chi connectivity index (χ3n) is 3.72. The Kier molecular flexibility index (Phi) is 6.15. The van der Waals surface area contributed by atoms with Crippen LogP contribution in [0.2, 0.25) is 0 Å². The topological polar surface area (TPSA) is 55.4 Å². The Hall–Kier alpha value is -2.14. The van der Waals surface area contributed by atoms with Crippen LogP contribution in [0.4, 0.5) is 0 Å². The van der Waals surface area contributed by atoms with Gasteiger partial charge in [-0.15, -0.1) is 0 Å². The van der Waals surface area contributed by atoms with Crippen molar-refractivity contribution in [1.29, 1.82) is 0 Å². The smallest absolute Gasteiger partial charge is 0.258 e. The molecule has 0 fully saturated rings. The van der Waals surface area contributed by atoms with Gasteiger partial charge in [0, 0.05) is 10.0 Å². The summed E-state index contributed by atoms with van der Waals surface area (Å²) < 4.78 is 6.61. The van der Waals surface area contributed by atoms with Crippen LogP contribution in [-0.2, 0) is 4.79 Å². The summed E-state index contributed by atoms with van der Waals surface area (Å²) in [5, 5.41) is 2.92. The third-order valence-corrected chi connectivity index (χ3v) is 4.44. The first-order valence-electron chi connectivity index (χ1n) is 7.65. The Labute approximate surface area is 150 Å². The number of carbonyl (C=O) groups is 2. The molecule has 0 radical (unpaired) electrons. The molecule has 24 heavy (non-hydrogen) atoms. The Morgan fingerprint density at radius 2 is 1.88 bits per heavy atom. The molecule has 0 spiro atoms. The fourth-order valence-electron chi connectivity index (χ4n) is 2.60. The summed E-state index contributed by atoms with van der Waals surface area (Å²) in [5.41, 5.74) is 3.28. The second kappa shape index (κ2) is 8.11. The summed E-state index contributed by atoms with van der Waals surface area (Å²) >= 11 is 3.48. The van der Waals surface area contributed by atoms with Gasteiger partial charge < -0.3 is 10.1 Å². The summed E-state index contributed by atoms with van der Waals surface area (Å²) in [6.07, 6.45) is 0.801. The molecular formula is C19H20BrNO3. The highest BCUT2D eigenvalue weighted by Gasteiger charge is 2.14. The van der Waals surface area contributed by atoms with Gasteiger partial charge in [0.05, 0.1) is 6.04 Å². The predicted molar refractivity (Wildman–Crippen MR) is 97.5 cm³/mol. The molecule has 1 atom stereocenters. The molecule has 2 rings (SSSR count). The molecule has 0 aromatic heterocycles. The molecule has 1 amide bonds. The van der Waals surface area contributed by atoms with Crippen LogP contribution in [0.3, 0.4) is 0 Å². The monoisotopic (exact) mass is 389 g/mol. The Morgan fingerprint density at radius 1 is 1.25 bits per heavy atom. The van der Waals surface area contributed by atoms with E-state index in [0.717, 1.165) is 27.4 Å². The van der Waals surface area contributed by atoms with Crippen molar-refractivity contribution < 1.29 is 14.3 Å². The SMILES string of the molecule is Cc1cc(C=O)cc(C)c1OCC(=O)N[C@@H](C)c1ccccc1Br. The number of benzene rings is 2. The molecule has 0 aliphatic heterocycles. The standard InChI is InChI=1S/C19H20BrNO3/c1-12-8-15(10-22)9-13(2)19(12)24-11-18(23)21-14(3)16-6-4-5-7-17(16)20/h4-10,14H,11H2,1-3H3,(H,21,23)/t14-/m0/s1. The van der Waals surface area contributed by atoms with Crippen molar-refractivity contribution in [3.8, 4) is 5.75 Å². The van der Waals surface area contributed by atoms with Crippen LogP contribution in [0.1, 0.15) is 40.0 Å². The lowest BCUT2D eigenvalue weighted by Gasteiger charge is -2.17. The predicted octanol–water partition coefficient (Wildman–Crippen LogP) is 4.13. The molecule has 5 heteroatoms. The van der Waals surface area contributed by atoms with Gasteiger partial charge in [0.2, 0.25) is 0 Å². The van der Waals surface area contributed by atoms with E-state index < -0.39 is 0 Å². The van der Waals surface area contributed by atoms with E-state index in [1.807, 2.05) is 45.0 Å². The van der Waals surface area contributed by atoms with E-state index >= 15 is 0 Å². The first-order valence-corrected chi connectivity index (χ1v) is 8.44. The maximum absolute atomic E-state index is 12.1. The van der Waals surface area contributed by atoms with Gasteiger partial charge in [-0.2, -0.15) is 0 Å². The van der Waals surface area contributed by atoms with Gasteiger partial charge >= 0.3 is 0 Å². The van der Waals surface area contributed by atoms with E-state index in [-0.39, 0.29) is 18.6 Å². The van der Waals surface area contributed by atoms with Gasteiger partial charge in [-0.25, -0.2) is 0 Å². The molecule has 0 heterocycles. The van der Waals surface area contributed by atoms with Gasteiger partial charge in [0.1, 0.15) is 12.0 Å². The molecule has 0 bridgehead atoms. The van der Waals surface area contributed by atoms with Crippen LogP contribution in [0.25, 0.3) is 0 Å². The van der Waals surface area contributed by atoms with Crippen LogP contribution in [-0.4, -0.2) is 18.8 Å². The lowest BCUT2D eigenvalue weighted by Crippen LogP contribution is -2.31. The van der Waals surface area contributed by atoms with Crippen LogP contribution in [0, 0.1) is 13.8 Å². The minimum absolute atomic E-state index is 0.0725. The van der Waals surface area contributed by atoms with Crippen molar-refractivity contribution in [2.24, 2.45) is 0 Å². The number of aryl methyl sites for hydroxylation is 2.